The number of hydrogen-bond donors (Lipinski definition) is 3. The Bertz CT molecular complexity index is 927. The molecule has 0 spiro atoms. The Hall–Kier alpha value is -1.63. The van der Waals surface area contributed by atoms with Crippen molar-refractivity contribution in [2.75, 3.05) is 32.7 Å². The molecule has 32 heavy (non-hydrogen) atoms. The highest BCUT2D eigenvalue weighted by Crippen LogP contribution is 2.25. The van der Waals surface area contributed by atoms with E-state index in [1.165, 1.54) is 31.4 Å². The van der Waals surface area contributed by atoms with Gasteiger partial charge in [0.25, 0.3) is 0 Å². The van der Waals surface area contributed by atoms with Gasteiger partial charge in [0.15, 0.2) is 5.96 Å². The van der Waals surface area contributed by atoms with Crippen LogP contribution in [-0.4, -0.2) is 52.0 Å². The molecule has 0 bridgehead atoms. The number of sulfonamides is 1. The third-order valence-electron chi connectivity index (χ3n) is 5.43. The van der Waals surface area contributed by atoms with Crippen LogP contribution in [0.3, 0.4) is 0 Å². The molecule has 1 aromatic heterocycles. The van der Waals surface area contributed by atoms with Gasteiger partial charge in [0.05, 0.1) is 23.7 Å². The van der Waals surface area contributed by atoms with E-state index in [1.54, 1.807) is 18.4 Å². The van der Waals surface area contributed by atoms with E-state index in [0.717, 1.165) is 43.3 Å². The molecule has 0 aliphatic carbocycles. The topological polar surface area (TPSA) is 113 Å². The van der Waals surface area contributed by atoms with E-state index in [-0.39, 0.29) is 34.9 Å². The highest BCUT2D eigenvalue weighted by Gasteiger charge is 2.24. The van der Waals surface area contributed by atoms with E-state index < -0.39 is 10.0 Å². The molecule has 1 aliphatic rings. The van der Waals surface area contributed by atoms with Gasteiger partial charge in [-0.3, -0.25) is 9.89 Å². The minimum atomic E-state index is -3.66. The Kier molecular flexibility index (Phi) is 11.0. The molecule has 0 saturated carbocycles. The van der Waals surface area contributed by atoms with Crippen LogP contribution in [0.1, 0.15) is 43.6 Å². The lowest BCUT2D eigenvalue weighted by Crippen LogP contribution is -2.40. The van der Waals surface area contributed by atoms with Gasteiger partial charge < -0.3 is 15.1 Å². The number of aliphatic imine (C=N–C) groups is 1. The number of halogens is 1. The minimum absolute atomic E-state index is 0. The third kappa shape index (κ3) is 8.05. The zero-order valence-corrected chi connectivity index (χ0v) is 21.6. The summed E-state index contributed by atoms with van der Waals surface area (Å²) in [5.74, 6) is 1.72. The summed E-state index contributed by atoms with van der Waals surface area (Å²) in [5, 5.41) is 11.8. The molecule has 178 valence electrons. The van der Waals surface area contributed by atoms with E-state index >= 15 is 0 Å². The number of likely N-dealkylation sites (tertiary alicyclic amines) is 1. The van der Waals surface area contributed by atoms with Crippen LogP contribution in [0.2, 0.25) is 0 Å². The number of benzene rings is 1. The zero-order valence-electron chi connectivity index (χ0n) is 18.5. The Labute approximate surface area is 208 Å². The number of piperidine rings is 1. The number of nitrogens with zero attached hydrogens (tertiary/aromatic N) is 2. The smallest absolute Gasteiger partial charge is 0.238 e. The molecule has 2 heterocycles. The predicted molar refractivity (Wildman–Crippen MR) is 138 cm³/mol. The lowest BCUT2D eigenvalue weighted by Gasteiger charge is -2.32. The van der Waals surface area contributed by atoms with Crippen LogP contribution in [0.4, 0.5) is 0 Å². The van der Waals surface area contributed by atoms with Gasteiger partial charge >= 0.3 is 0 Å². The van der Waals surface area contributed by atoms with Gasteiger partial charge in [0.1, 0.15) is 5.76 Å². The Morgan fingerprint density at radius 3 is 2.47 bits per heavy atom. The van der Waals surface area contributed by atoms with Crippen LogP contribution in [-0.2, 0) is 16.4 Å². The lowest BCUT2D eigenvalue weighted by atomic mass is 10.1. The summed E-state index contributed by atoms with van der Waals surface area (Å²) in [4.78, 5) is 7.41. The molecular formula is C22H34IN5O3S. The maximum absolute atomic E-state index is 11.4. The third-order valence-corrected chi connectivity index (χ3v) is 6.36. The van der Waals surface area contributed by atoms with Crippen LogP contribution in [0.15, 0.2) is 57.0 Å². The molecule has 10 heteroatoms. The minimum Gasteiger partial charge on any atom is -0.468 e. The molecule has 2 aromatic rings. The first-order valence-electron chi connectivity index (χ1n) is 10.9. The second-order valence-corrected chi connectivity index (χ2v) is 9.27. The fourth-order valence-corrected chi connectivity index (χ4v) is 4.30. The quantitative estimate of drug-likeness (QED) is 0.241. The number of rotatable bonds is 9. The van der Waals surface area contributed by atoms with Gasteiger partial charge in [-0.2, -0.15) is 0 Å². The summed E-state index contributed by atoms with van der Waals surface area (Å²) in [6.07, 6.45) is 6.17. The Balaban J connectivity index is 0.00000363. The van der Waals surface area contributed by atoms with Crippen molar-refractivity contribution >= 4 is 40.0 Å². The number of nitrogens with one attached hydrogen (secondary N) is 2. The van der Waals surface area contributed by atoms with Crippen molar-refractivity contribution in [3.05, 3.63) is 54.0 Å². The van der Waals surface area contributed by atoms with Gasteiger partial charge in [-0.25, -0.2) is 13.6 Å². The van der Waals surface area contributed by atoms with Gasteiger partial charge in [0, 0.05) is 13.1 Å². The maximum atomic E-state index is 11.4. The van der Waals surface area contributed by atoms with Crippen molar-refractivity contribution in [2.45, 2.75) is 43.5 Å². The zero-order chi connectivity index (χ0) is 22.1. The van der Waals surface area contributed by atoms with Crippen molar-refractivity contribution in [1.29, 1.82) is 0 Å². The molecule has 3 rings (SSSR count). The number of primary sulfonamides is 1. The molecule has 0 radical (unpaired) electrons. The first-order chi connectivity index (χ1) is 15.0. The fourth-order valence-electron chi connectivity index (χ4n) is 3.79. The van der Waals surface area contributed by atoms with Crippen LogP contribution in [0.5, 0.6) is 0 Å². The standard InChI is InChI=1S/C22H33N5O3S.HI/c1-2-24-22(25-13-12-18-8-10-19(11-9-18)31(23,28)29)26-17-20(21-7-6-16-30-21)27-14-4-3-5-15-27;/h6-11,16,20H,2-5,12-15,17H2,1H3,(H2,23,28,29)(H2,24,25,26);1H. The summed E-state index contributed by atoms with van der Waals surface area (Å²) < 4.78 is 28.5. The maximum Gasteiger partial charge on any atom is 0.238 e. The van der Waals surface area contributed by atoms with Gasteiger partial charge in [-0.1, -0.05) is 18.6 Å². The van der Waals surface area contributed by atoms with Crippen LogP contribution >= 0.6 is 24.0 Å². The molecule has 1 aromatic carbocycles. The van der Waals surface area contributed by atoms with Gasteiger partial charge in [-0.15, -0.1) is 24.0 Å². The number of guanidine groups is 1. The first-order valence-corrected chi connectivity index (χ1v) is 12.4. The van der Waals surface area contributed by atoms with Crippen LogP contribution < -0.4 is 15.8 Å². The second kappa shape index (κ2) is 13.2. The van der Waals surface area contributed by atoms with Gasteiger partial charge in [0.2, 0.25) is 10.0 Å². The van der Waals surface area contributed by atoms with Crippen molar-refractivity contribution < 1.29 is 12.8 Å². The lowest BCUT2D eigenvalue weighted by molar-refractivity contribution is 0.150. The normalized spacial score (nSPS) is 16.2. The predicted octanol–water partition coefficient (Wildman–Crippen LogP) is 2.87. The number of nitrogens with two attached hydrogens (primary N) is 1. The number of furan rings is 1. The second-order valence-electron chi connectivity index (χ2n) is 7.71. The van der Waals surface area contributed by atoms with Crippen molar-refractivity contribution in [3.63, 3.8) is 0 Å². The van der Waals surface area contributed by atoms with E-state index in [0.29, 0.717) is 13.1 Å². The Morgan fingerprint density at radius 2 is 1.88 bits per heavy atom. The van der Waals surface area contributed by atoms with E-state index in [1.807, 2.05) is 19.1 Å². The monoisotopic (exact) mass is 575 g/mol. The van der Waals surface area contributed by atoms with E-state index in [4.69, 9.17) is 14.5 Å². The molecule has 4 N–H and O–H groups in total. The van der Waals surface area contributed by atoms with Crippen molar-refractivity contribution in [2.24, 2.45) is 10.1 Å². The summed E-state index contributed by atoms with van der Waals surface area (Å²) in [5.41, 5.74) is 1.03. The summed E-state index contributed by atoms with van der Waals surface area (Å²) in [7, 11) is -3.66. The van der Waals surface area contributed by atoms with Crippen molar-refractivity contribution in [3.8, 4) is 0 Å². The molecule has 1 atom stereocenters. The highest BCUT2D eigenvalue weighted by molar-refractivity contribution is 14.0. The molecule has 1 saturated heterocycles. The number of hydrogen-bond acceptors (Lipinski definition) is 5. The van der Waals surface area contributed by atoms with Crippen LogP contribution in [0.25, 0.3) is 0 Å². The summed E-state index contributed by atoms with van der Waals surface area (Å²) in [6, 6.07) is 10.7. The average molecular weight is 576 g/mol. The van der Waals surface area contributed by atoms with E-state index in [9.17, 15) is 8.42 Å². The fraction of sp³-hybridized carbons (Fsp3) is 0.500. The summed E-state index contributed by atoms with van der Waals surface area (Å²) in [6.45, 7) is 6.24. The van der Waals surface area contributed by atoms with Crippen LogP contribution in [0, 0.1) is 0 Å². The SMILES string of the molecule is CCNC(=NCC(c1ccco1)N1CCCCC1)NCCc1ccc(S(N)(=O)=O)cc1.I. The first kappa shape index (κ1) is 26.6. The summed E-state index contributed by atoms with van der Waals surface area (Å²) >= 11 is 0. The molecule has 0 amide bonds. The molecule has 1 fully saturated rings. The average Bonchev–Trinajstić information content (AvgIpc) is 3.29. The molecule has 8 nitrogen and oxygen atoms in total. The molecule has 1 aliphatic heterocycles. The van der Waals surface area contributed by atoms with E-state index in [2.05, 4.69) is 15.5 Å². The molecular weight excluding hydrogens is 541 g/mol. The highest BCUT2D eigenvalue weighted by atomic mass is 127. The largest absolute Gasteiger partial charge is 0.468 e. The Morgan fingerprint density at radius 1 is 1.16 bits per heavy atom. The van der Waals surface area contributed by atoms with Crippen molar-refractivity contribution in [1.82, 2.24) is 15.5 Å². The molecule has 1 unspecified atom stereocenters. The van der Waals surface area contributed by atoms with Gasteiger partial charge in [-0.05, 0) is 69.1 Å².